The van der Waals surface area contributed by atoms with Gasteiger partial charge in [-0.15, -0.1) is 0 Å². The highest BCUT2D eigenvalue weighted by Crippen LogP contribution is 2.32. The number of benzene rings is 2. The summed E-state index contributed by atoms with van der Waals surface area (Å²) in [6.45, 7) is 1.32. The summed E-state index contributed by atoms with van der Waals surface area (Å²) in [4.78, 5) is 12.9. The maximum Gasteiger partial charge on any atom is 0.313 e. The van der Waals surface area contributed by atoms with E-state index in [0.717, 1.165) is 0 Å². The van der Waals surface area contributed by atoms with Gasteiger partial charge in [-0.2, -0.15) is 8.42 Å². The molecule has 25 heavy (non-hydrogen) atoms. The van der Waals surface area contributed by atoms with Crippen LogP contribution in [0, 0.1) is 6.92 Å². The van der Waals surface area contributed by atoms with Gasteiger partial charge >= 0.3 is 10.1 Å². The molecule has 1 atom stereocenters. The molecule has 0 radical (unpaired) electrons. The van der Waals surface area contributed by atoms with Crippen molar-refractivity contribution in [1.29, 1.82) is 0 Å². The van der Waals surface area contributed by atoms with Crippen molar-refractivity contribution in [1.82, 2.24) is 0 Å². The van der Waals surface area contributed by atoms with Crippen molar-refractivity contribution in [3.63, 3.8) is 0 Å². The maximum absolute atomic E-state index is 12.9. The summed E-state index contributed by atoms with van der Waals surface area (Å²) < 4.78 is 91.2. The summed E-state index contributed by atoms with van der Waals surface area (Å²) in [6.07, 6.45) is -2.97. The molecule has 130 valence electrons. The van der Waals surface area contributed by atoms with Crippen LogP contribution in [0.4, 0.5) is 0 Å². The molecular weight excluding hydrogens is 342 g/mol. The lowest BCUT2D eigenvalue weighted by molar-refractivity contribution is -0.123. The second kappa shape index (κ2) is 6.60. The average Bonchev–Trinajstić information content (AvgIpc) is 2.94. The van der Waals surface area contributed by atoms with Crippen molar-refractivity contribution in [3.05, 3.63) is 82.8 Å². The third-order valence-electron chi connectivity index (χ3n) is 3.04. The largest absolute Gasteiger partial charge is 0.460 e. The van der Waals surface area contributed by atoms with Crippen molar-refractivity contribution >= 4 is 15.9 Å². The first-order chi connectivity index (χ1) is 14.7. The molecule has 1 unspecified atom stereocenters. The summed E-state index contributed by atoms with van der Waals surface area (Å²) in [7, 11) is -5.19. The Balaban J connectivity index is 2.05. The first kappa shape index (κ1) is 10.2. The molecule has 1 aliphatic rings. The molecular formula is C18H17NO5S. The predicted octanol–water partition coefficient (Wildman–Crippen LogP) is 2.31. The molecule has 7 heteroatoms. The fourth-order valence-electron chi connectivity index (χ4n) is 1.93. The van der Waals surface area contributed by atoms with E-state index < -0.39 is 69.1 Å². The third kappa shape index (κ3) is 3.83. The van der Waals surface area contributed by atoms with E-state index >= 15 is 0 Å². The zero-order valence-corrected chi connectivity index (χ0v) is 13.7. The Kier molecular flexibility index (Phi) is 2.71. The van der Waals surface area contributed by atoms with Crippen LogP contribution >= 0.6 is 0 Å². The third-order valence-corrected chi connectivity index (χ3v) is 3.91. The minimum atomic E-state index is -5.19. The molecule has 0 saturated heterocycles. The molecule has 0 fully saturated rings. The Bertz CT molecular complexity index is 1240. The average molecular weight is 366 g/mol. The van der Waals surface area contributed by atoms with Gasteiger partial charge in [-0.3, -0.25) is 4.79 Å². The number of rotatable bonds is 5. The van der Waals surface area contributed by atoms with Gasteiger partial charge in [0.2, 0.25) is 17.4 Å². The number of carbonyl (C=O) groups is 1. The van der Waals surface area contributed by atoms with Gasteiger partial charge in [-0.05, 0) is 12.5 Å². The highest BCUT2D eigenvalue weighted by molar-refractivity contribution is 7.86. The molecule has 2 aromatic rings. The zero-order valence-electron chi connectivity index (χ0n) is 19.9. The lowest BCUT2D eigenvalue weighted by Gasteiger charge is -2.10. The van der Waals surface area contributed by atoms with Gasteiger partial charge in [-0.25, -0.2) is 0 Å². The Labute approximate surface area is 155 Å². The predicted molar refractivity (Wildman–Crippen MR) is 91.4 cm³/mol. The molecule has 2 N–H and O–H groups in total. The number of Topliss-reactive ketones (excluding diaryl/α,β-unsaturated/α-hetero) is 1. The molecule has 0 saturated carbocycles. The van der Waals surface area contributed by atoms with Crippen molar-refractivity contribution in [2.45, 2.75) is 18.7 Å². The molecule has 2 aromatic carbocycles. The summed E-state index contributed by atoms with van der Waals surface area (Å²) in [5, 5.41) is 0. The summed E-state index contributed by atoms with van der Waals surface area (Å²) >= 11 is 0. The first-order valence-electron chi connectivity index (χ1n) is 10.5. The van der Waals surface area contributed by atoms with Crippen LogP contribution < -0.4 is 5.73 Å². The van der Waals surface area contributed by atoms with Crippen LogP contribution in [0.2, 0.25) is 0 Å². The van der Waals surface area contributed by atoms with Gasteiger partial charge in [0.15, 0.2) is 6.08 Å². The molecule has 0 spiro atoms. The molecule has 1 aliphatic heterocycles. The second-order valence-electron chi connectivity index (χ2n) is 4.96. The SMILES string of the molecule is [2H]c1c([2H])c(C2([2H])OC(N)=C(OS(=O)(=O)C([2H])([2H])c3ccccc3)C2=O)c([2H])c([2H])c1C. The Morgan fingerprint density at radius 2 is 1.92 bits per heavy atom. The van der Waals surface area contributed by atoms with Crippen molar-refractivity contribution in [2.24, 2.45) is 5.73 Å². The van der Waals surface area contributed by atoms with Gasteiger partial charge in [0, 0.05) is 5.56 Å². The number of carbonyl (C=O) groups excluding carboxylic acids is 1. The van der Waals surface area contributed by atoms with Crippen LogP contribution in [-0.4, -0.2) is 14.2 Å². The highest BCUT2D eigenvalue weighted by Gasteiger charge is 2.39. The van der Waals surface area contributed by atoms with Crippen LogP contribution in [0.25, 0.3) is 0 Å². The number of hydrogen-bond acceptors (Lipinski definition) is 6. The quantitative estimate of drug-likeness (QED) is 0.816. The normalized spacial score (nSPS) is 25.0. The first-order valence-corrected chi connectivity index (χ1v) is 8.38. The molecule has 1 heterocycles. The van der Waals surface area contributed by atoms with Crippen LogP contribution in [0.5, 0.6) is 0 Å². The number of hydrogen-bond donors (Lipinski definition) is 1. The number of ether oxygens (including phenoxy) is 1. The van der Waals surface area contributed by atoms with Gasteiger partial charge in [0.1, 0.15) is 5.70 Å². The van der Waals surface area contributed by atoms with Crippen LogP contribution in [-0.2, 0) is 29.5 Å². The Morgan fingerprint density at radius 3 is 2.56 bits per heavy atom. The molecule has 6 nitrogen and oxygen atoms in total. The standard InChI is InChI=1S/C18H17NO5S/c1-12-7-9-14(10-8-12)16-15(20)17(18(19)23-16)24-25(21,22)11-13-5-3-2-4-6-13/h2-10,16H,11,19H2,1H3/i7D,8D,9D,10D,11D2,16D. The molecule has 0 amide bonds. The van der Waals surface area contributed by atoms with Gasteiger partial charge in [0.25, 0.3) is 0 Å². The highest BCUT2D eigenvalue weighted by atomic mass is 32.2. The Morgan fingerprint density at radius 1 is 1.28 bits per heavy atom. The van der Waals surface area contributed by atoms with E-state index in [0.29, 0.717) is 0 Å². The van der Waals surface area contributed by atoms with Gasteiger partial charge < -0.3 is 14.7 Å². The smallest absolute Gasteiger partial charge is 0.313 e. The zero-order chi connectivity index (χ0) is 24.2. The van der Waals surface area contributed by atoms with E-state index in [9.17, 15) is 13.2 Å². The molecule has 3 rings (SSSR count). The summed E-state index contributed by atoms with van der Waals surface area (Å²) in [6, 6.07) is 4.18. The topological polar surface area (TPSA) is 95.7 Å². The van der Waals surface area contributed by atoms with E-state index in [2.05, 4.69) is 4.18 Å². The van der Waals surface area contributed by atoms with E-state index in [-0.39, 0.29) is 11.1 Å². The number of nitrogens with two attached hydrogens (primary N) is 1. The minimum Gasteiger partial charge on any atom is -0.460 e. The molecule has 0 aromatic heterocycles. The van der Waals surface area contributed by atoms with Crippen molar-refractivity contribution < 1.29 is 31.7 Å². The minimum absolute atomic E-state index is 0.0335. The van der Waals surface area contributed by atoms with Crippen molar-refractivity contribution in [2.75, 3.05) is 0 Å². The van der Waals surface area contributed by atoms with Crippen LogP contribution in [0.15, 0.2) is 66.1 Å². The van der Waals surface area contributed by atoms with E-state index in [1.54, 1.807) is 0 Å². The van der Waals surface area contributed by atoms with Gasteiger partial charge in [0.05, 0.1) is 9.60 Å². The summed E-state index contributed by atoms with van der Waals surface area (Å²) in [5.74, 6) is -3.70. The lowest BCUT2D eigenvalue weighted by atomic mass is 10.0. The van der Waals surface area contributed by atoms with Gasteiger partial charge in [-0.1, -0.05) is 60.1 Å². The van der Waals surface area contributed by atoms with Crippen molar-refractivity contribution in [3.8, 4) is 0 Å². The lowest BCUT2D eigenvalue weighted by Crippen LogP contribution is -2.16. The van der Waals surface area contributed by atoms with E-state index in [1.165, 1.54) is 37.3 Å². The number of ketones is 1. The van der Waals surface area contributed by atoms with Crippen LogP contribution in [0.1, 0.15) is 32.4 Å². The van der Waals surface area contributed by atoms with Crippen LogP contribution in [0.3, 0.4) is 0 Å². The fraction of sp³-hybridized carbons (Fsp3) is 0.167. The monoisotopic (exact) mass is 366 g/mol. The molecule has 0 bridgehead atoms. The van der Waals surface area contributed by atoms with E-state index in [1.807, 2.05) is 0 Å². The molecule has 0 aliphatic carbocycles. The maximum atomic E-state index is 12.9. The summed E-state index contributed by atoms with van der Waals surface area (Å²) in [5.41, 5.74) is 1.35. The fourth-order valence-corrected chi connectivity index (χ4v) is 2.77. The Hall–Kier alpha value is -2.80. The van der Waals surface area contributed by atoms with E-state index in [4.69, 9.17) is 20.1 Å². The second-order valence-corrected chi connectivity index (χ2v) is 6.24.